The highest BCUT2D eigenvalue weighted by atomic mass is 28.4. The number of rotatable bonds is 5. The molecule has 1 saturated carbocycles. The van der Waals surface area contributed by atoms with Crippen molar-refractivity contribution < 1.29 is 9.16 Å². The van der Waals surface area contributed by atoms with E-state index in [2.05, 4.69) is 60.6 Å². The van der Waals surface area contributed by atoms with E-state index in [0.717, 1.165) is 6.42 Å². The molecule has 3 heteroatoms. The van der Waals surface area contributed by atoms with Crippen LogP contribution >= 0.6 is 0 Å². The first kappa shape index (κ1) is 18.7. The molecule has 2 bridgehead atoms. The van der Waals surface area contributed by atoms with Gasteiger partial charge in [0.2, 0.25) is 8.32 Å². The van der Waals surface area contributed by atoms with Crippen LogP contribution in [0.3, 0.4) is 0 Å². The van der Waals surface area contributed by atoms with E-state index in [4.69, 9.17) is 9.16 Å². The van der Waals surface area contributed by atoms with Crippen LogP contribution in [0.1, 0.15) is 80.6 Å². The van der Waals surface area contributed by atoms with Gasteiger partial charge in [-0.3, -0.25) is 0 Å². The normalized spacial score (nSPS) is 39.1. The summed E-state index contributed by atoms with van der Waals surface area (Å²) in [4.78, 5) is 0. The van der Waals surface area contributed by atoms with Gasteiger partial charge < -0.3 is 9.16 Å². The lowest BCUT2D eigenvalue weighted by atomic mass is 9.74. The Balaban J connectivity index is 1.91. The average Bonchev–Trinajstić information content (AvgIpc) is 2.69. The fraction of sp³-hybridized carbons (Fsp3) is 0.905. The molecule has 1 saturated heterocycles. The summed E-state index contributed by atoms with van der Waals surface area (Å²) in [7, 11) is -1.87. The molecule has 3 aliphatic rings. The van der Waals surface area contributed by atoms with Crippen LogP contribution in [0.2, 0.25) is 16.6 Å². The van der Waals surface area contributed by atoms with E-state index in [1.807, 2.05) is 0 Å². The van der Waals surface area contributed by atoms with Gasteiger partial charge in [-0.15, -0.1) is 0 Å². The van der Waals surface area contributed by atoms with Crippen molar-refractivity contribution >= 4 is 8.32 Å². The van der Waals surface area contributed by atoms with Gasteiger partial charge in [0.15, 0.2) is 0 Å². The molecule has 2 nitrogen and oxygen atoms in total. The Labute approximate surface area is 150 Å². The van der Waals surface area contributed by atoms with Crippen LogP contribution in [-0.2, 0) is 9.16 Å². The summed E-state index contributed by atoms with van der Waals surface area (Å²) >= 11 is 0. The van der Waals surface area contributed by atoms with Gasteiger partial charge in [-0.25, -0.2) is 0 Å². The van der Waals surface area contributed by atoms with Crippen LogP contribution < -0.4 is 0 Å². The lowest BCUT2D eigenvalue weighted by Gasteiger charge is -2.46. The van der Waals surface area contributed by atoms with Gasteiger partial charge in [0.05, 0.1) is 11.7 Å². The molecule has 1 unspecified atom stereocenters. The maximum atomic E-state index is 7.21. The third-order valence-electron chi connectivity index (χ3n) is 7.35. The molecule has 4 atom stereocenters. The summed E-state index contributed by atoms with van der Waals surface area (Å²) in [5, 5.41) is 0. The van der Waals surface area contributed by atoms with E-state index in [9.17, 15) is 0 Å². The molecular weight excluding hydrogens is 312 g/mol. The highest BCUT2D eigenvalue weighted by molar-refractivity contribution is 6.77. The second-order valence-electron chi connectivity index (χ2n) is 9.69. The molecule has 0 N–H and O–H groups in total. The second kappa shape index (κ2) is 6.24. The Hall–Kier alpha value is -0.123. The van der Waals surface area contributed by atoms with E-state index < -0.39 is 8.32 Å². The van der Waals surface area contributed by atoms with Gasteiger partial charge >= 0.3 is 0 Å². The summed E-state index contributed by atoms with van der Waals surface area (Å²) in [5.74, 6) is 0.612. The standard InChI is InChI=1S/C21H38O2Si/c1-15(2)24(16(3)4,17(5)6)22-19-14-21-12-9-8-10-18(21)11-13-20(19,7)23-21/h11,13,15-19H,8-10,12,14H2,1-7H3/t18?,19-,20+,21+/m1/s1. The summed E-state index contributed by atoms with van der Waals surface area (Å²) in [6.45, 7) is 16.6. The van der Waals surface area contributed by atoms with Gasteiger partial charge in [0.25, 0.3) is 0 Å². The van der Waals surface area contributed by atoms with Crippen molar-refractivity contribution in [1.82, 2.24) is 0 Å². The largest absolute Gasteiger partial charge is 0.410 e. The Kier molecular flexibility index (Phi) is 4.85. The van der Waals surface area contributed by atoms with Crippen LogP contribution in [0.4, 0.5) is 0 Å². The first-order valence-electron chi connectivity index (χ1n) is 10.2. The quantitative estimate of drug-likeness (QED) is 0.432. The fourth-order valence-corrected chi connectivity index (χ4v) is 11.8. The Bertz CT molecular complexity index is 476. The van der Waals surface area contributed by atoms with E-state index in [-0.39, 0.29) is 17.3 Å². The smallest absolute Gasteiger partial charge is 0.200 e. The minimum atomic E-state index is -1.87. The highest BCUT2D eigenvalue weighted by Crippen LogP contribution is 2.56. The molecule has 1 aliphatic carbocycles. The van der Waals surface area contributed by atoms with Gasteiger partial charge in [-0.2, -0.15) is 0 Å². The molecule has 0 aromatic carbocycles. The van der Waals surface area contributed by atoms with E-state index in [1.54, 1.807) is 0 Å². The topological polar surface area (TPSA) is 18.5 Å². The minimum absolute atomic E-state index is 0.0670. The molecule has 2 aliphatic heterocycles. The zero-order valence-corrected chi connectivity index (χ0v) is 17.9. The summed E-state index contributed by atoms with van der Waals surface area (Å²) in [6.07, 6.45) is 11.3. The molecule has 1 spiro atoms. The van der Waals surface area contributed by atoms with Crippen molar-refractivity contribution in [3.63, 3.8) is 0 Å². The van der Waals surface area contributed by atoms with Gasteiger partial charge in [-0.1, -0.05) is 66.5 Å². The molecule has 138 valence electrons. The van der Waals surface area contributed by atoms with Crippen molar-refractivity contribution in [3.8, 4) is 0 Å². The Morgan fingerprint density at radius 2 is 1.67 bits per heavy atom. The van der Waals surface area contributed by atoms with Crippen molar-refractivity contribution in [2.45, 2.75) is 114 Å². The molecule has 0 aromatic rings. The third kappa shape index (κ3) is 2.66. The zero-order valence-electron chi connectivity index (χ0n) is 16.9. The van der Waals surface area contributed by atoms with E-state index >= 15 is 0 Å². The summed E-state index contributed by atoms with van der Waals surface area (Å²) < 4.78 is 14.0. The second-order valence-corrected chi connectivity index (χ2v) is 15.1. The molecule has 2 heterocycles. The molecule has 0 amide bonds. The Morgan fingerprint density at radius 1 is 1.04 bits per heavy atom. The van der Waals surface area contributed by atoms with Gasteiger partial charge in [0.1, 0.15) is 5.60 Å². The third-order valence-corrected chi connectivity index (χ3v) is 13.5. The fourth-order valence-electron chi connectivity index (χ4n) is 6.21. The predicted molar refractivity (Wildman–Crippen MR) is 104 cm³/mol. The molecular formula is C21H38O2Si. The zero-order chi connectivity index (χ0) is 17.8. The minimum Gasteiger partial charge on any atom is -0.410 e. The maximum absolute atomic E-state index is 7.21. The number of fused-ring (bicyclic) bond motifs is 1. The van der Waals surface area contributed by atoms with Crippen molar-refractivity contribution in [2.24, 2.45) is 5.92 Å². The van der Waals surface area contributed by atoms with Crippen molar-refractivity contribution in [1.29, 1.82) is 0 Å². The van der Waals surface area contributed by atoms with Crippen LogP contribution in [0.15, 0.2) is 12.2 Å². The number of ether oxygens (including phenoxy) is 1. The van der Waals surface area contributed by atoms with Crippen molar-refractivity contribution in [3.05, 3.63) is 12.2 Å². The predicted octanol–water partition coefficient (Wildman–Crippen LogP) is 6.22. The first-order valence-corrected chi connectivity index (χ1v) is 12.4. The lowest BCUT2D eigenvalue weighted by molar-refractivity contribution is -0.129. The monoisotopic (exact) mass is 350 g/mol. The average molecular weight is 351 g/mol. The Morgan fingerprint density at radius 3 is 2.25 bits per heavy atom. The van der Waals surface area contributed by atoms with E-state index in [0.29, 0.717) is 22.5 Å². The molecule has 2 fully saturated rings. The molecule has 3 rings (SSSR count). The maximum Gasteiger partial charge on any atom is 0.200 e. The number of hydrogen-bond acceptors (Lipinski definition) is 2. The number of hydrogen-bond donors (Lipinski definition) is 0. The van der Waals surface area contributed by atoms with Crippen molar-refractivity contribution in [2.75, 3.05) is 0 Å². The summed E-state index contributed by atoms with van der Waals surface area (Å²) in [6, 6.07) is 0. The van der Waals surface area contributed by atoms with Gasteiger partial charge in [-0.05, 0) is 36.4 Å². The van der Waals surface area contributed by atoms with Gasteiger partial charge in [0, 0.05) is 12.3 Å². The van der Waals surface area contributed by atoms with Crippen LogP contribution in [0, 0.1) is 5.92 Å². The highest BCUT2D eigenvalue weighted by Gasteiger charge is 2.61. The molecule has 24 heavy (non-hydrogen) atoms. The molecule has 0 aromatic heterocycles. The lowest BCUT2D eigenvalue weighted by Crippen LogP contribution is -2.53. The van der Waals surface area contributed by atoms with Crippen LogP contribution in [0.25, 0.3) is 0 Å². The molecule has 0 radical (unpaired) electrons. The van der Waals surface area contributed by atoms with Crippen LogP contribution in [0.5, 0.6) is 0 Å². The van der Waals surface area contributed by atoms with E-state index in [1.165, 1.54) is 25.7 Å². The summed E-state index contributed by atoms with van der Waals surface area (Å²) in [5.41, 5.74) is 1.74. The SMILES string of the molecule is CC(C)[Si](O[C@@H]1C[C@@]23CCCCC2C=C[C@]1(C)O3)(C(C)C)C(C)C. The first-order chi connectivity index (χ1) is 11.2. The van der Waals surface area contributed by atoms with Crippen LogP contribution in [-0.4, -0.2) is 25.6 Å².